The summed E-state index contributed by atoms with van der Waals surface area (Å²) in [4.78, 5) is 22.8. The number of anilines is 3. The van der Waals surface area contributed by atoms with Gasteiger partial charge in [0.1, 0.15) is 4.60 Å². The van der Waals surface area contributed by atoms with E-state index in [0.29, 0.717) is 16.1 Å². The predicted octanol–water partition coefficient (Wildman–Crippen LogP) is 2.91. The standard InChI is InChI=1S/C17H19BrN4O3/c1-11-15(18)21-14(17(23)24-2)16(19-11)20-12-3-5-13(6-4-12)22-7-9-25-10-8-22/h3-6H,7-10H2,1-2H3,(H,19,20). The average Bonchev–Trinajstić information content (AvgIpc) is 2.65. The third-order valence-electron chi connectivity index (χ3n) is 3.90. The van der Waals surface area contributed by atoms with E-state index in [9.17, 15) is 4.79 Å². The molecule has 1 aromatic carbocycles. The Labute approximate surface area is 154 Å². The first-order valence-electron chi connectivity index (χ1n) is 7.90. The van der Waals surface area contributed by atoms with Gasteiger partial charge in [0, 0.05) is 24.5 Å². The normalized spacial score (nSPS) is 14.3. The second-order valence-corrected chi connectivity index (χ2v) is 6.31. The zero-order valence-electron chi connectivity index (χ0n) is 14.1. The van der Waals surface area contributed by atoms with Gasteiger partial charge in [-0.2, -0.15) is 0 Å². The molecule has 1 saturated heterocycles. The maximum Gasteiger partial charge on any atom is 0.360 e. The highest BCUT2D eigenvalue weighted by molar-refractivity contribution is 9.10. The van der Waals surface area contributed by atoms with Crippen LogP contribution in [0.4, 0.5) is 17.2 Å². The molecule has 25 heavy (non-hydrogen) atoms. The maximum atomic E-state index is 11.9. The van der Waals surface area contributed by atoms with Crippen LogP contribution in [-0.4, -0.2) is 49.4 Å². The molecule has 8 heteroatoms. The number of methoxy groups -OCH3 is 1. The lowest BCUT2D eigenvalue weighted by molar-refractivity contribution is 0.0594. The predicted molar refractivity (Wildman–Crippen MR) is 98.6 cm³/mol. The summed E-state index contributed by atoms with van der Waals surface area (Å²) in [6.45, 7) is 5.07. The van der Waals surface area contributed by atoms with Gasteiger partial charge in [0.25, 0.3) is 0 Å². The minimum Gasteiger partial charge on any atom is -0.464 e. The van der Waals surface area contributed by atoms with E-state index < -0.39 is 5.97 Å². The average molecular weight is 407 g/mol. The summed E-state index contributed by atoms with van der Waals surface area (Å²) in [7, 11) is 1.32. The highest BCUT2D eigenvalue weighted by Gasteiger charge is 2.18. The Morgan fingerprint density at radius 2 is 1.92 bits per heavy atom. The quantitative estimate of drug-likeness (QED) is 0.781. The van der Waals surface area contributed by atoms with Crippen LogP contribution in [-0.2, 0) is 9.47 Å². The molecular formula is C17H19BrN4O3. The molecule has 0 radical (unpaired) electrons. The lowest BCUT2D eigenvalue weighted by atomic mass is 10.2. The largest absolute Gasteiger partial charge is 0.464 e. The molecule has 1 aromatic heterocycles. The Hall–Kier alpha value is -2.19. The van der Waals surface area contributed by atoms with Gasteiger partial charge in [-0.15, -0.1) is 0 Å². The van der Waals surface area contributed by atoms with Crippen molar-refractivity contribution in [3.63, 3.8) is 0 Å². The van der Waals surface area contributed by atoms with Gasteiger partial charge in [-0.3, -0.25) is 0 Å². The number of hydrogen-bond acceptors (Lipinski definition) is 7. The minimum absolute atomic E-state index is 0.136. The van der Waals surface area contributed by atoms with Crippen molar-refractivity contribution in [3.8, 4) is 0 Å². The molecule has 0 bridgehead atoms. The number of aromatic nitrogens is 2. The first-order valence-corrected chi connectivity index (χ1v) is 8.70. The number of esters is 1. The first kappa shape index (κ1) is 17.6. The van der Waals surface area contributed by atoms with E-state index in [-0.39, 0.29) is 5.69 Å². The monoisotopic (exact) mass is 406 g/mol. The molecule has 132 valence electrons. The fourth-order valence-electron chi connectivity index (χ4n) is 2.54. The summed E-state index contributed by atoms with van der Waals surface area (Å²) < 4.78 is 10.7. The number of rotatable bonds is 4. The molecule has 7 nitrogen and oxygen atoms in total. The number of carbonyl (C=O) groups excluding carboxylic acids is 1. The second-order valence-electron chi connectivity index (χ2n) is 5.56. The summed E-state index contributed by atoms with van der Waals surface area (Å²) in [6, 6.07) is 7.96. The van der Waals surface area contributed by atoms with E-state index in [1.807, 2.05) is 31.2 Å². The SMILES string of the molecule is COC(=O)c1nc(Br)c(C)nc1Nc1ccc(N2CCOCC2)cc1. The van der Waals surface area contributed by atoms with Crippen LogP contribution in [0.3, 0.4) is 0 Å². The molecule has 0 amide bonds. The zero-order valence-corrected chi connectivity index (χ0v) is 15.7. The summed E-state index contributed by atoms with van der Waals surface area (Å²) in [5.74, 6) is -0.174. The number of aryl methyl sites for hydroxylation is 1. The molecule has 1 fully saturated rings. The van der Waals surface area contributed by atoms with Crippen LogP contribution >= 0.6 is 15.9 Å². The van der Waals surface area contributed by atoms with Gasteiger partial charge in [0.2, 0.25) is 0 Å². The number of halogens is 1. The van der Waals surface area contributed by atoms with E-state index >= 15 is 0 Å². The molecule has 1 aliphatic heterocycles. The van der Waals surface area contributed by atoms with Crippen molar-refractivity contribution in [1.29, 1.82) is 0 Å². The molecule has 3 rings (SSSR count). The highest BCUT2D eigenvalue weighted by Crippen LogP contribution is 2.24. The fourth-order valence-corrected chi connectivity index (χ4v) is 2.80. The minimum atomic E-state index is -0.541. The Bertz CT molecular complexity index is 761. The number of benzene rings is 1. The Morgan fingerprint density at radius 1 is 1.24 bits per heavy atom. The molecule has 0 spiro atoms. The van der Waals surface area contributed by atoms with Crippen molar-refractivity contribution in [2.75, 3.05) is 43.6 Å². The number of ether oxygens (including phenoxy) is 2. The van der Waals surface area contributed by atoms with Gasteiger partial charge in [-0.1, -0.05) is 0 Å². The Morgan fingerprint density at radius 3 is 2.56 bits per heavy atom. The van der Waals surface area contributed by atoms with Gasteiger partial charge in [-0.25, -0.2) is 14.8 Å². The van der Waals surface area contributed by atoms with Crippen molar-refractivity contribution in [3.05, 3.63) is 40.3 Å². The lowest BCUT2D eigenvalue weighted by Gasteiger charge is -2.28. The van der Waals surface area contributed by atoms with Gasteiger partial charge >= 0.3 is 5.97 Å². The van der Waals surface area contributed by atoms with E-state index in [4.69, 9.17) is 9.47 Å². The Balaban J connectivity index is 1.82. The maximum absolute atomic E-state index is 11.9. The van der Waals surface area contributed by atoms with E-state index in [2.05, 4.69) is 36.1 Å². The lowest BCUT2D eigenvalue weighted by Crippen LogP contribution is -2.36. The summed E-state index contributed by atoms with van der Waals surface area (Å²) in [5.41, 5.74) is 2.77. The van der Waals surface area contributed by atoms with Crippen molar-refractivity contribution in [1.82, 2.24) is 9.97 Å². The fraction of sp³-hybridized carbons (Fsp3) is 0.353. The van der Waals surface area contributed by atoms with Crippen molar-refractivity contribution in [2.24, 2.45) is 0 Å². The molecule has 2 heterocycles. The molecule has 0 saturated carbocycles. The third-order valence-corrected chi connectivity index (χ3v) is 4.65. The van der Waals surface area contributed by atoms with Crippen molar-refractivity contribution < 1.29 is 14.3 Å². The number of carbonyl (C=O) groups is 1. The highest BCUT2D eigenvalue weighted by atomic mass is 79.9. The van der Waals surface area contributed by atoms with Gasteiger partial charge in [0.15, 0.2) is 11.5 Å². The van der Waals surface area contributed by atoms with Crippen molar-refractivity contribution in [2.45, 2.75) is 6.92 Å². The number of hydrogen-bond donors (Lipinski definition) is 1. The van der Waals surface area contributed by atoms with Crippen LogP contribution in [0.15, 0.2) is 28.9 Å². The van der Waals surface area contributed by atoms with Gasteiger partial charge in [-0.05, 0) is 47.1 Å². The van der Waals surface area contributed by atoms with Crippen LogP contribution in [0.5, 0.6) is 0 Å². The van der Waals surface area contributed by atoms with Gasteiger partial charge < -0.3 is 19.7 Å². The summed E-state index contributed by atoms with van der Waals surface area (Å²) in [5, 5.41) is 3.15. The first-order chi connectivity index (χ1) is 12.1. The van der Waals surface area contributed by atoms with Crippen LogP contribution in [0.1, 0.15) is 16.2 Å². The molecule has 1 N–H and O–H groups in total. The number of nitrogens with zero attached hydrogens (tertiary/aromatic N) is 3. The molecule has 1 aliphatic rings. The Kier molecular flexibility index (Phi) is 5.50. The van der Waals surface area contributed by atoms with Gasteiger partial charge in [0.05, 0.1) is 26.0 Å². The molecule has 2 aromatic rings. The zero-order chi connectivity index (χ0) is 17.8. The molecular weight excluding hydrogens is 388 g/mol. The van der Waals surface area contributed by atoms with Crippen LogP contribution in [0.2, 0.25) is 0 Å². The third kappa shape index (κ3) is 4.08. The number of morpholine rings is 1. The molecule has 0 aliphatic carbocycles. The smallest absolute Gasteiger partial charge is 0.360 e. The summed E-state index contributed by atoms with van der Waals surface area (Å²) >= 11 is 3.29. The van der Waals surface area contributed by atoms with Crippen LogP contribution in [0.25, 0.3) is 0 Å². The van der Waals surface area contributed by atoms with E-state index in [1.165, 1.54) is 7.11 Å². The van der Waals surface area contributed by atoms with E-state index in [0.717, 1.165) is 37.7 Å². The molecule has 0 atom stereocenters. The van der Waals surface area contributed by atoms with E-state index in [1.54, 1.807) is 0 Å². The second kappa shape index (κ2) is 7.79. The summed E-state index contributed by atoms with van der Waals surface area (Å²) in [6.07, 6.45) is 0. The molecule has 0 unspecified atom stereocenters. The van der Waals surface area contributed by atoms with Crippen molar-refractivity contribution >= 4 is 39.1 Å². The topological polar surface area (TPSA) is 76.6 Å². The van der Waals surface area contributed by atoms with Crippen LogP contribution in [0, 0.1) is 6.92 Å². The van der Waals surface area contributed by atoms with Crippen LogP contribution < -0.4 is 10.2 Å². The number of nitrogens with one attached hydrogen (secondary N) is 1.